The van der Waals surface area contributed by atoms with Crippen LogP contribution >= 0.6 is 0 Å². The Morgan fingerprint density at radius 2 is 0.808 bits per heavy atom. The standard InChI is InChI=1S/C20H38O6/c1-19(2,3)25-23-17(21)15-13-11-9-7-8-10-12-14-16-18(22)24-26-20(4,5)6/h7-16H2,1-6H3. The third-order valence-electron chi connectivity index (χ3n) is 3.28. The molecule has 154 valence electrons. The van der Waals surface area contributed by atoms with E-state index in [0.717, 1.165) is 51.4 Å². The quantitative estimate of drug-likeness (QED) is 0.243. The van der Waals surface area contributed by atoms with Crippen LogP contribution in [0.5, 0.6) is 0 Å². The van der Waals surface area contributed by atoms with E-state index in [4.69, 9.17) is 19.6 Å². The molecular formula is C20H38O6. The Balaban J connectivity index is 3.36. The summed E-state index contributed by atoms with van der Waals surface area (Å²) in [5.41, 5.74) is -0.933. The average molecular weight is 375 g/mol. The van der Waals surface area contributed by atoms with Crippen LogP contribution in [0.1, 0.15) is 106 Å². The highest BCUT2D eigenvalue weighted by Gasteiger charge is 2.15. The number of hydrogen-bond acceptors (Lipinski definition) is 6. The maximum atomic E-state index is 11.5. The summed E-state index contributed by atoms with van der Waals surface area (Å²) < 4.78 is 0. The van der Waals surface area contributed by atoms with E-state index >= 15 is 0 Å². The van der Waals surface area contributed by atoms with Crippen molar-refractivity contribution < 1.29 is 29.1 Å². The first kappa shape index (κ1) is 24.9. The topological polar surface area (TPSA) is 71.1 Å². The maximum absolute atomic E-state index is 11.5. The molecule has 26 heavy (non-hydrogen) atoms. The molecule has 0 aliphatic carbocycles. The van der Waals surface area contributed by atoms with E-state index in [-0.39, 0.29) is 11.9 Å². The van der Waals surface area contributed by atoms with Crippen LogP contribution in [0.4, 0.5) is 0 Å². The zero-order valence-electron chi connectivity index (χ0n) is 17.5. The molecule has 0 aliphatic heterocycles. The summed E-state index contributed by atoms with van der Waals surface area (Å²) in [5.74, 6) is -0.607. The number of hydrogen-bond donors (Lipinski definition) is 0. The number of carbonyl (C=O) groups is 2. The van der Waals surface area contributed by atoms with Gasteiger partial charge in [-0.05, 0) is 54.4 Å². The Hall–Kier alpha value is -1.14. The molecule has 0 saturated carbocycles. The van der Waals surface area contributed by atoms with Crippen LogP contribution in [0.2, 0.25) is 0 Å². The van der Waals surface area contributed by atoms with Crippen molar-refractivity contribution in [2.45, 2.75) is 117 Å². The van der Waals surface area contributed by atoms with Crippen molar-refractivity contribution in [3.05, 3.63) is 0 Å². The first-order valence-electron chi connectivity index (χ1n) is 9.77. The highest BCUT2D eigenvalue weighted by atomic mass is 17.2. The van der Waals surface area contributed by atoms with E-state index in [1.807, 2.05) is 41.5 Å². The number of unbranched alkanes of at least 4 members (excludes halogenated alkanes) is 7. The molecule has 0 aromatic heterocycles. The first-order valence-corrected chi connectivity index (χ1v) is 9.77. The highest BCUT2D eigenvalue weighted by molar-refractivity contribution is 5.68. The largest absolute Gasteiger partial charge is 0.342 e. The van der Waals surface area contributed by atoms with Gasteiger partial charge in [-0.2, -0.15) is 9.78 Å². The van der Waals surface area contributed by atoms with E-state index < -0.39 is 11.2 Å². The van der Waals surface area contributed by atoms with E-state index in [9.17, 15) is 9.59 Å². The summed E-state index contributed by atoms with van der Waals surface area (Å²) in [6.45, 7) is 11.0. The minimum absolute atomic E-state index is 0.303. The van der Waals surface area contributed by atoms with Gasteiger partial charge in [0, 0.05) is 12.8 Å². The van der Waals surface area contributed by atoms with Crippen LogP contribution in [0, 0.1) is 0 Å². The number of carbonyl (C=O) groups excluding carboxylic acids is 2. The van der Waals surface area contributed by atoms with Crippen LogP contribution < -0.4 is 0 Å². The van der Waals surface area contributed by atoms with Crippen LogP contribution in [-0.2, 0) is 29.1 Å². The van der Waals surface area contributed by atoms with Crippen LogP contribution in [0.25, 0.3) is 0 Å². The zero-order valence-corrected chi connectivity index (χ0v) is 17.5. The normalized spacial score (nSPS) is 12.1. The molecule has 0 bridgehead atoms. The summed E-state index contributed by atoms with van der Waals surface area (Å²) >= 11 is 0. The van der Waals surface area contributed by atoms with Crippen molar-refractivity contribution in [2.75, 3.05) is 0 Å². The van der Waals surface area contributed by atoms with E-state index in [1.165, 1.54) is 0 Å². The van der Waals surface area contributed by atoms with Crippen LogP contribution in [-0.4, -0.2) is 23.1 Å². The fourth-order valence-corrected chi connectivity index (χ4v) is 2.03. The molecule has 0 spiro atoms. The van der Waals surface area contributed by atoms with Crippen molar-refractivity contribution in [1.29, 1.82) is 0 Å². The Morgan fingerprint density at radius 3 is 1.08 bits per heavy atom. The lowest BCUT2D eigenvalue weighted by Crippen LogP contribution is -2.21. The Labute approximate surface area is 158 Å². The zero-order chi connectivity index (χ0) is 20.1. The molecule has 6 nitrogen and oxygen atoms in total. The average Bonchev–Trinajstić information content (AvgIpc) is 2.51. The van der Waals surface area contributed by atoms with Gasteiger partial charge in [0.2, 0.25) is 0 Å². The van der Waals surface area contributed by atoms with Gasteiger partial charge < -0.3 is 0 Å². The van der Waals surface area contributed by atoms with Gasteiger partial charge >= 0.3 is 11.9 Å². The molecule has 0 saturated heterocycles. The number of rotatable bonds is 13. The molecule has 0 rings (SSSR count). The summed E-state index contributed by atoms with van der Waals surface area (Å²) in [6, 6.07) is 0. The van der Waals surface area contributed by atoms with Crippen molar-refractivity contribution in [1.82, 2.24) is 0 Å². The third kappa shape index (κ3) is 19.2. The van der Waals surface area contributed by atoms with Crippen molar-refractivity contribution >= 4 is 11.9 Å². The second-order valence-corrected chi connectivity index (χ2v) is 8.63. The molecule has 0 amide bonds. The molecule has 0 radical (unpaired) electrons. The molecule has 0 aliphatic rings. The lowest BCUT2D eigenvalue weighted by Gasteiger charge is -2.16. The minimum atomic E-state index is -0.466. The summed E-state index contributed by atoms with van der Waals surface area (Å²) in [6.07, 6.45) is 8.98. The first-order chi connectivity index (χ1) is 12.0. The van der Waals surface area contributed by atoms with Gasteiger partial charge in [-0.15, -0.1) is 0 Å². The maximum Gasteiger partial charge on any atom is 0.342 e. The highest BCUT2D eigenvalue weighted by Crippen LogP contribution is 2.13. The van der Waals surface area contributed by atoms with Gasteiger partial charge in [-0.3, -0.25) is 9.78 Å². The summed E-state index contributed by atoms with van der Waals surface area (Å²) in [5, 5.41) is 0. The fraction of sp³-hybridized carbons (Fsp3) is 0.900. The summed E-state index contributed by atoms with van der Waals surface area (Å²) in [7, 11) is 0. The van der Waals surface area contributed by atoms with E-state index in [0.29, 0.717) is 12.8 Å². The van der Waals surface area contributed by atoms with Gasteiger partial charge in [-0.1, -0.05) is 38.5 Å². The Morgan fingerprint density at radius 1 is 0.538 bits per heavy atom. The fourth-order valence-electron chi connectivity index (χ4n) is 2.03. The van der Waals surface area contributed by atoms with Crippen molar-refractivity contribution in [3.63, 3.8) is 0 Å². The van der Waals surface area contributed by atoms with Gasteiger partial charge in [0.15, 0.2) is 0 Å². The Bertz CT molecular complexity index is 354. The molecule has 0 N–H and O–H groups in total. The van der Waals surface area contributed by atoms with Gasteiger partial charge in [-0.25, -0.2) is 9.59 Å². The monoisotopic (exact) mass is 374 g/mol. The van der Waals surface area contributed by atoms with Crippen LogP contribution in [0.15, 0.2) is 0 Å². The van der Waals surface area contributed by atoms with Gasteiger partial charge in [0.1, 0.15) is 11.2 Å². The molecule has 0 unspecified atom stereocenters. The van der Waals surface area contributed by atoms with Crippen LogP contribution in [0.3, 0.4) is 0 Å². The molecule has 0 aromatic carbocycles. The summed E-state index contributed by atoms with van der Waals surface area (Å²) in [4.78, 5) is 42.4. The SMILES string of the molecule is CC(C)(C)OOC(=O)CCCCCCCCCCC(=O)OOC(C)(C)C. The second-order valence-electron chi connectivity index (χ2n) is 8.63. The molecule has 6 heteroatoms. The van der Waals surface area contributed by atoms with E-state index in [1.54, 1.807) is 0 Å². The van der Waals surface area contributed by atoms with Gasteiger partial charge in [0.25, 0.3) is 0 Å². The predicted octanol–water partition coefficient (Wildman–Crippen LogP) is 5.43. The molecule has 0 fully saturated rings. The molecule has 0 heterocycles. The van der Waals surface area contributed by atoms with E-state index in [2.05, 4.69) is 0 Å². The third-order valence-corrected chi connectivity index (χ3v) is 3.28. The predicted molar refractivity (Wildman–Crippen MR) is 100 cm³/mol. The molecular weight excluding hydrogens is 336 g/mol. The molecule has 0 atom stereocenters. The smallest absolute Gasteiger partial charge is 0.298 e. The lowest BCUT2D eigenvalue weighted by atomic mass is 10.1. The molecule has 0 aromatic rings. The lowest BCUT2D eigenvalue weighted by molar-refractivity contribution is -0.320. The van der Waals surface area contributed by atoms with Crippen molar-refractivity contribution in [3.8, 4) is 0 Å². The van der Waals surface area contributed by atoms with Gasteiger partial charge in [0.05, 0.1) is 0 Å². The minimum Gasteiger partial charge on any atom is -0.298 e. The second kappa shape index (κ2) is 13.1. The Kier molecular flexibility index (Phi) is 12.5. The van der Waals surface area contributed by atoms with Crippen molar-refractivity contribution in [2.24, 2.45) is 0 Å².